The minimum absolute atomic E-state index is 0.000458. The first-order valence-corrected chi connectivity index (χ1v) is 31.9. The van der Waals surface area contributed by atoms with Gasteiger partial charge in [0.2, 0.25) is 23.6 Å². The van der Waals surface area contributed by atoms with Gasteiger partial charge in [0.1, 0.15) is 0 Å². The summed E-state index contributed by atoms with van der Waals surface area (Å²) in [6.45, 7) is 7.75. The van der Waals surface area contributed by atoms with E-state index in [9.17, 15) is 38.7 Å². The number of fused-ring (bicyclic) bond motifs is 3. The van der Waals surface area contributed by atoms with Crippen LogP contribution in [0.5, 0.6) is 0 Å². The van der Waals surface area contributed by atoms with E-state index in [0.717, 1.165) is 84.1 Å². The Morgan fingerprint density at radius 2 is 1.49 bits per heavy atom. The van der Waals surface area contributed by atoms with E-state index in [4.69, 9.17) is 30.8 Å². The maximum atomic E-state index is 14.3. The number of urea groups is 1. The van der Waals surface area contributed by atoms with Crippen LogP contribution in [0.1, 0.15) is 111 Å². The lowest BCUT2D eigenvalue weighted by atomic mass is 9.88. The fourth-order valence-corrected chi connectivity index (χ4v) is 12.5. The van der Waals surface area contributed by atoms with E-state index in [-0.39, 0.29) is 98.1 Å². The molecule has 7 amide bonds. The average Bonchev–Trinajstić information content (AvgIpc) is 4.03. The first-order chi connectivity index (χ1) is 42.7. The van der Waals surface area contributed by atoms with Crippen molar-refractivity contribution < 1.29 is 48.1 Å². The number of halogens is 1. The van der Waals surface area contributed by atoms with Crippen molar-refractivity contribution in [3.05, 3.63) is 111 Å². The van der Waals surface area contributed by atoms with Crippen LogP contribution < -0.4 is 32.1 Å². The predicted molar refractivity (Wildman–Crippen MR) is 335 cm³/mol. The van der Waals surface area contributed by atoms with Crippen LogP contribution in [0.2, 0.25) is 5.02 Å². The summed E-state index contributed by atoms with van der Waals surface area (Å²) in [6, 6.07) is 20.4. The summed E-state index contributed by atoms with van der Waals surface area (Å²) in [4.78, 5) is 106. The normalized spacial score (nSPS) is 17.9. The monoisotopic (exact) mass is 1230 g/mol. The molecule has 6 N–H and O–H groups in total. The van der Waals surface area contributed by atoms with Gasteiger partial charge in [-0.25, -0.2) is 9.78 Å². The maximum absolute atomic E-state index is 14.3. The molecular formula is C65H86ClN11O11. The largest absolute Gasteiger partial charge is 0.388 e. The van der Waals surface area contributed by atoms with E-state index in [1.807, 2.05) is 53.1 Å². The second-order valence-electron chi connectivity index (χ2n) is 23.8. The Morgan fingerprint density at radius 3 is 2.25 bits per heavy atom. The number of aliphatic hydroxyl groups is 1. The van der Waals surface area contributed by atoms with Crippen LogP contribution in [-0.2, 0) is 59.2 Å². The number of carbonyl (C=O) groups is 6. The van der Waals surface area contributed by atoms with E-state index >= 15 is 0 Å². The zero-order valence-electron chi connectivity index (χ0n) is 50.7. The van der Waals surface area contributed by atoms with Crippen molar-refractivity contribution in [3.63, 3.8) is 0 Å². The fourth-order valence-electron chi connectivity index (χ4n) is 12.2. The number of benzene rings is 3. The van der Waals surface area contributed by atoms with E-state index in [2.05, 4.69) is 31.6 Å². The Morgan fingerprint density at radius 1 is 0.750 bits per heavy atom. The number of aryl methyl sites for hydroxylation is 1. The highest BCUT2D eigenvalue weighted by molar-refractivity contribution is 6.36. The Bertz CT molecular complexity index is 3260. The minimum atomic E-state index is -1.25. The molecule has 0 saturated carbocycles. The van der Waals surface area contributed by atoms with Crippen molar-refractivity contribution in [1.29, 1.82) is 0 Å². The molecule has 3 aromatic carbocycles. The molecule has 3 saturated heterocycles. The molecule has 22 nitrogen and oxygen atoms in total. The molecule has 0 radical (unpaired) electrons. The number of hydrogen-bond donors (Lipinski definition) is 6. The second-order valence-corrected chi connectivity index (χ2v) is 24.2. The predicted octanol–water partition coefficient (Wildman–Crippen LogP) is 5.56. The number of nitrogens with one attached hydrogen (secondary N) is 5. The van der Waals surface area contributed by atoms with Crippen LogP contribution in [0.4, 0.5) is 10.5 Å². The third kappa shape index (κ3) is 18.7. The molecule has 2 unspecified atom stereocenters. The number of unbranched alkanes of at least 4 members (excludes halogenated alkanes) is 2. The van der Waals surface area contributed by atoms with Gasteiger partial charge in [-0.3, -0.25) is 43.2 Å². The molecule has 3 atom stereocenters. The van der Waals surface area contributed by atoms with Gasteiger partial charge in [-0.1, -0.05) is 60.8 Å². The molecule has 2 aromatic heterocycles. The first-order valence-electron chi connectivity index (χ1n) is 31.5. The van der Waals surface area contributed by atoms with Crippen molar-refractivity contribution in [2.45, 2.75) is 127 Å². The summed E-state index contributed by atoms with van der Waals surface area (Å²) in [5.74, 6) is -0.803. The summed E-state index contributed by atoms with van der Waals surface area (Å²) in [5.41, 5.74) is 3.71. The Hall–Kier alpha value is -7.08. The van der Waals surface area contributed by atoms with Gasteiger partial charge in [0.25, 0.3) is 11.5 Å². The van der Waals surface area contributed by atoms with Gasteiger partial charge >= 0.3 is 6.03 Å². The molecular weight excluding hydrogens is 1150 g/mol. The van der Waals surface area contributed by atoms with Crippen molar-refractivity contribution in [1.82, 2.24) is 50.5 Å². The number of rotatable bonds is 31. The van der Waals surface area contributed by atoms with E-state index < -0.39 is 5.60 Å². The zero-order valence-corrected chi connectivity index (χ0v) is 51.4. The number of piperidine rings is 1. The summed E-state index contributed by atoms with van der Waals surface area (Å²) >= 11 is 6.78. The first kappa shape index (κ1) is 65.4. The van der Waals surface area contributed by atoms with Crippen LogP contribution in [0.15, 0.2) is 77.9 Å². The molecule has 474 valence electrons. The molecule has 23 heteroatoms. The standard InChI is InChI=1S/C65H86ClN11O11/c1-45-53(73-64(84)70-45)15-6-3-7-17-57(78)67-26-34-87-36-38-88-37-35-86-33-22-59(80)75-31-29-74(30-32-75)42-58(79)71-49-19-21-52-55(41-49)69-44-77(63(52)83)43-65(85)23-27-76(28-24-65)62(82)48(39-46-11-4-2-5-12-46)13-10-25-68-61(81)47-18-20-51-56(40-47)72-54-16-9-8-14-50(54)60(51)66/h2,4-5,11-12,18-21,40-41,44-45,48,53,85H,3,6-10,13-17,22-39,42-43H2,1H3,(H,67,78)(H,68,81)(H,71,79)(H2,70,73,84)/t45?,48-,53?/m0/s1. The average molecular weight is 1230 g/mol. The highest BCUT2D eigenvalue weighted by Gasteiger charge is 2.37. The number of nitrogens with zero attached hydrogens (tertiary/aromatic N) is 6. The van der Waals surface area contributed by atoms with Gasteiger partial charge in [-0.15, -0.1) is 0 Å². The summed E-state index contributed by atoms with van der Waals surface area (Å²) in [5, 5.41) is 28.3. The zero-order chi connectivity index (χ0) is 61.8. The molecule has 3 fully saturated rings. The number of anilines is 1. The van der Waals surface area contributed by atoms with Gasteiger partial charge in [0.15, 0.2) is 0 Å². The summed E-state index contributed by atoms with van der Waals surface area (Å²) < 4.78 is 18.1. The van der Waals surface area contributed by atoms with Crippen molar-refractivity contribution in [2.24, 2.45) is 5.92 Å². The summed E-state index contributed by atoms with van der Waals surface area (Å²) in [7, 11) is 0. The van der Waals surface area contributed by atoms with Crippen LogP contribution in [-0.4, -0.2) is 186 Å². The molecule has 1 aliphatic carbocycles. The third-order valence-corrected chi connectivity index (χ3v) is 17.7. The molecule has 9 rings (SSSR count). The van der Waals surface area contributed by atoms with Gasteiger partial charge in [-0.05, 0) is 119 Å². The van der Waals surface area contributed by atoms with E-state index in [1.165, 1.54) is 10.9 Å². The number of piperazine rings is 1. The SMILES string of the molecule is CC1NC(=O)NC1CCCCCC(=O)NCCOCCOCCOCCC(=O)N1CCN(CC(=O)Nc2ccc3c(=O)n(CC4(O)CCN(C(=O)[C@@H](CCCNC(=O)c5ccc6c(Cl)c7c(nc6c5)CCCC7)Cc5ccccc5)CC4)cnc3c2)CC1. The molecule has 0 bridgehead atoms. The maximum Gasteiger partial charge on any atom is 0.315 e. The Labute approximate surface area is 519 Å². The number of pyridine rings is 1. The van der Waals surface area contributed by atoms with Gasteiger partial charge < -0.3 is 55.7 Å². The summed E-state index contributed by atoms with van der Waals surface area (Å²) in [6.07, 6.45) is 11.9. The molecule has 5 aromatic rings. The van der Waals surface area contributed by atoms with Crippen LogP contribution in [0.25, 0.3) is 21.8 Å². The number of hydrogen-bond acceptors (Lipinski definition) is 14. The lowest BCUT2D eigenvalue weighted by Crippen LogP contribution is -2.51. The highest BCUT2D eigenvalue weighted by atomic mass is 35.5. The quantitative estimate of drug-likeness (QED) is 0.0297. The molecule has 0 spiro atoms. The Kier molecular flexibility index (Phi) is 24.1. The van der Waals surface area contributed by atoms with Crippen LogP contribution in [0, 0.1) is 5.92 Å². The molecule has 3 aliphatic heterocycles. The second kappa shape index (κ2) is 32.4. The van der Waals surface area contributed by atoms with E-state index in [1.54, 1.807) is 35.2 Å². The smallest absolute Gasteiger partial charge is 0.315 e. The minimum Gasteiger partial charge on any atom is -0.388 e. The van der Waals surface area contributed by atoms with Gasteiger partial charge in [0, 0.05) is 93.1 Å². The number of carbonyl (C=O) groups excluding carboxylic acids is 6. The van der Waals surface area contributed by atoms with E-state index in [0.29, 0.717) is 133 Å². The van der Waals surface area contributed by atoms with Gasteiger partial charge in [0.05, 0.1) is 98.6 Å². The number of likely N-dealkylation sites (tertiary alicyclic amines) is 1. The van der Waals surface area contributed by atoms with Crippen LogP contribution >= 0.6 is 11.6 Å². The third-order valence-electron chi connectivity index (χ3n) is 17.3. The van der Waals surface area contributed by atoms with Crippen LogP contribution in [0.3, 0.4) is 0 Å². The fraction of sp³-hybridized carbons (Fsp3) is 0.554. The molecule has 5 heterocycles. The lowest BCUT2D eigenvalue weighted by Gasteiger charge is -2.39. The number of ether oxygens (including phenoxy) is 3. The lowest BCUT2D eigenvalue weighted by molar-refractivity contribution is -0.140. The number of aromatic nitrogens is 3. The van der Waals surface area contributed by atoms with Crippen molar-refractivity contribution in [2.75, 3.05) is 104 Å². The molecule has 88 heavy (non-hydrogen) atoms. The van der Waals surface area contributed by atoms with Gasteiger partial charge in [-0.2, -0.15) is 0 Å². The highest BCUT2D eigenvalue weighted by Crippen LogP contribution is 2.34. The van der Waals surface area contributed by atoms with Crippen molar-refractivity contribution in [3.8, 4) is 0 Å². The van der Waals surface area contributed by atoms with Crippen molar-refractivity contribution >= 4 is 74.7 Å². The number of amides is 7. The Balaban J connectivity index is 0.625. The molecule has 4 aliphatic rings. The topological polar surface area (TPSA) is 268 Å².